The second kappa shape index (κ2) is 5.08. The summed E-state index contributed by atoms with van der Waals surface area (Å²) in [7, 11) is 0. The number of halogens is 1. The van der Waals surface area contributed by atoms with Crippen LogP contribution in [0.15, 0.2) is 22.5 Å². The minimum absolute atomic E-state index is 0.684. The van der Waals surface area contributed by atoms with E-state index in [4.69, 9.17) is 16.9 Å². The van der Waals surface area contributed by atoms with E-state index in [9.17, 15) is 0 Å². The van der Waals surface area contributed by atoms with E-state index >= 15 is 0 Å². The van der Waals surface area contributed by atoms with Crippen molar-refractivity contribution in [3.8, 4) is 5.40 Å². The van der Waals surface area contributed by atoms with Gasteiger partial charge in [0.05, 0.1) is 14.8 Å². The predicted octanol–water partition coefficient (Wildman–Crippen LogP) is 4.21. The first-order valence-corrected chi connectivity index (χ1v) is 7.16. The van der Waals surface area contributed by atoms with Crippen LogP contribution in [0.25, 0.3) is 10.2 Å². The number of fused-ring (bicyclic) bond motifs is 1. The number of thiazole rings is 1. The maximum atomic E-state index is 8.39. The summed E-state index contributed by atoms with van der Waals surface area (Å²) in [4.78, 5) is 4.41. The Balaban J connectivity index is 2.24. The fourth-order valence-electron chi connectivity index (χ4n) is 1.06. The van der Waals surface area contributed by atoms with Gasteiger partial charge in [0.1, 0.15) is 10.9 Å². The first-order valence-electron chi connectivity index (χ1n) is 4.00. The maximum absolute atomic E-state index is 8.39. The van der Waals surface area contributed by atoms with Gasteiger partial charge in [0, 0.05) is 0 Å². The van der Waals surface area contributed by atoms with Gasteiger partial charge in [-0.2, -0.15) is 5.26 Å². The topological polar surface area (TPSA) is 36.7 Å². The number of thiocyanates is 1. The van der Waals surface area contributed by atoms with Crippen molar-refractivity contribution in [2.75, 3.05) is 5.08 Å². The van der Waals surface area contributed by atoms with E-state index < -0.39 is 0 Å². The third kappa shape index (κ3) is 2.58. The van der Waals surface area contributed by atoms with Gasteiger partial charge in [-0.3, -0.25) is 0 Å². The summed E-state index contributed by atoms with van der Waals surface area (Å²) < 4.78 is 2.05. The fraction of sp³-hybridized carbons (Fsp3) is 0.111. The third-order valence-electron chi connectivity index (χ3n) is 1.66. The monoisotopic (exact) mass is 272 g/mol. The average Bonchev–Trinajstić information content (AvgIpc) is 2.63. The molecule has 0 radical (unpaired) electrons. The number of nitriles is 1. The average molecular weight is 273 g/mol. The van der Waals surface area contributed by atoms with Gasteiger partial charge in [-0.05, 0) is 23.9 Å². The van der Waals surface area contributed by atoms with E-state index in [1.165, 1.54) is 11.8 Å². The van der Waals surface area contributed by atoms with Crippen molar-refractivity contribution >= 4 is 56.7 Å². The first kappa shape index (κ1) is 11.1. The standard InChI is InChI=1S/C9H5ClN2S3/c10-6-2-1-3-7-8(6)12-9(15-7)14-5-13-4-11/h1-3H,5H2. The second-order valence-electron chi connectivity index (χ2n) is 2.56. The third-order valence-corrected chi connectivity index (χ3v) is 4.79. The molecule has 2 rings (SSSR count). The zero-order chi connectivity index (χ0) is 10.7. The Bertz CT molecular complexity index is 518. The molecular weight excluding hydrogens is 268 g/mol. The molecule has 0 N–H and O–H groups in total. The number of rotatable bonds is 3. The minimum atomic E-state index is 0.684. The number of benzene rings is 1. The number of hydrogen-bond acceptors (Lipinski definition) is 5. The van der Waals surface area contributed by atoms with Crippen LogP contribution < -0.4 is 0 Å². The molecule has 0 aliphatic carbocycles. The van der Waals surface area contributed by atoms with Gasteiger partial charge in [-0.1, -0.05) is 29.4 Å². The number of aromatic nitrogens is 1. The number of hydrogen-bond donors (Lipinski definition) is 0. The molecule has 0 amide bonds. The van der Waals surface area contributed by atoms with E-state index in [1.54, 1.807) is 23.1 Å². The van der Waals surface area contributed by atoms with E-state index in [2.05, 4.69) is 4.98 Å². The van der Waals surface area contributed by atoms with Crippen LogP contribution in [0, 0.1) is 10.7 Å². The highest BCUT2D eigenvalue weighted by atomic mass is 35.5. The van der Waals surface area contributed by atoms with Gasteiger partial charge in [0.15, 0.2) is 4.34 Å². The molecule has 0 spiro atoms. The van der Waals surface area contributed by atoms with Crippen LogP contribution in [-0.4, -0.2) is 10.1 Å². The molecule has 0 unspecified atom stereocenters. The highest BCUT2D eigenvalue weighted by Crippen LogP contribution is 2.33. The van der Waals surface area contributed by atoms with Gasteiger partial charge in [0.25, 0.3) is 0 Å². The molecule has 76 valence electrons. The Morgan fingerprint density at radius 2 is 2.40 bits per heavy atom. The number of thioether (sulfide) groups is 2. The van der Waals surface area contributed by atoms with Crippen molar-refractivity contribution < 1.29 is 0 Å². The quantitative estimate of drug-likeness (QED) is 0.363. The molecule has 0 bridgehead atoms. The van der Waals surface area contributed by atoms with Crippen LogP contribution in [0.5, 0.6) is 0 Å². The summed E-state index contributed by atoms with van der Waals surface area (Å²) >= 11 is 10.4. The van der Waals surface area contributed by atoms with Crippen LogP contribution in [0.2, 0.25) is 5.02 Å². The number of para-hydroxylation sites is 1. The Hall–Kier alpha value is -0.410. The maximum Gasteiger partial charge on any atom is 0.152 e. The minimum Gasteiger partial charge on any atom is -0.228 e. The van der Waals surface area contributed by atoms with Gasteiger partial charge in [-0.25, -0.2) is 4.98 Å². The van der Waals surface area contributed by atoms with E-state index in [0.29, 0.717) is 10.1 Å². The fourth-order valence-corrected chi connectivity index (χ4v) is 4.00. The molecule has 15 heavy (non-hydrogen) atoms. The molecule has 0 saturated heterocycles. The van der Waals surface area contributed by atoms with Crippen LogP contribution in [0.3, 0.4) is 0 Å². The Morgan fingerprint density at radius 1 is 1.53 bits per heavy atom. The predicted molar refractivity (Wildman–Crippen MR) is 68.6 cm³/mol. The normalized spacial score (nSPS) is 10.4. The van der Waals surface area contributed by atoms with E-state index in [-0.39, 0.29) is 0 Å². The molecule has 0 atom stereocenters. The largest absolute Gasteiger partial charge is 0.228 e. The molecule has 0 aliphatic rings. The van der Waals surface area contributed by atoms with Crippen molar-refractivity contribution in [1.82, 2.24) is 4.98 Å². The summed E-state index contributed by atoms with van der Waals surface area (Å²) in [6, 6.07) is 5.75. The van der Waals surface area contributed by atoms with Crippen molar-refractivity contribution in [2.45, 2.75) is 4.34 Å². The zero-order valence-corrected chi connectivity index (χ0v) is 10.6. The summed E-state index contributed by atoms with van der Waals surface area (Å²) in [5.41, 5.74) is 0.855. The molecule has 1 heterocycles. The first-order chi connectivity index (χ1) is 7.31. The molecule has 0 aliphatic heterocycles. The lowest BCUT2D eigenvalue weighted by Gasteiger charge is -1.89. The Labute approximate surface area is 105 Å². The molecule has 2 aromatic rings. The Morgan fingerprint density at radius 3 is 3.13 bits per heavy atom. The highest BCUT2D eigenvalue weighted by molar-refractivity contribution is 8.18. The molecule has 0 fully saturated rings. The van der Waals surface area contributed by atoms with Gasteiger partial charge < -0.3 is 0 Å². The number of nitrogens with zero attached hydrogens (tertiary/aromatic N) is 2. The SMILES string of the molecule is N#CSCSc1nc2c(Cl)cccc2s1. The van der Waals surface area contributed by atoms with Gasteiger partial charge >= 0.3 is 0 Å². The molecule has 2 nitrogen and oxygen atoms in total. The Kier molecular flexibility index (Phi) is 3.76. The van der Waals surface area contributed by atoms with Crippen LogP contribution >= 0.6 is 46.5 Å². The highest BCUT2D eigenvalue weighted by Gasteiger charge is 2.06. The smallest absolute Gasteiger partial charge is 0.152 e. The van der Waals surface area contributed by atoms with E-state index in [0.717, 1.165) is 14.6 Å². The lowest BCUT2D eigenvalue weighted by atomic mass is 10.3. The molecule has 6 heteroatoms. The van der Waals surface area contributed by atoms with Crippen LogP contribution in [0.1, 0.15) is 0 Å². The molecular formula is C9H5ClN2S3. The van der Waals surface area contributed by atoms with Crippen LogP contribution in [-0.2, 0) is 0 Å². The second-order valence-corrected chi connectivity index (χ2v) is 6.35. The van der Waals surface area contributed by atoms with Crippen molar-refractivity contribution in [2.24, 2.45) is 0 Å². The van der Waals surface area contributed by atoms with Crippen molar-refractivity contribution in [3.63, 3.8) is 0 Å². The van der Waals surface area contributed by atoms with Crippen molar-refractivity contribution in [3.05, 3.63) is 23.2 Å². The summed E-state index contributed by atoms with van der Waals surface area (Å²) in [6.45, 7) is 0. The van der Waals surface area contributed by atoms with E-state index in [1.807, 2.05) is 23.6 Å². The van der Waals surface area contributed by atoms with Gasteiger partial charge in [-0.15, -0.1) is 11.3 Å². The lowest BCUT2D eigenvalue weighted by molar-refractivity contribution is 1.31. The zero-order valence-electron chi connectivity index (χ0n) is 7.44. The van der Waals surface area contributed by atoms with Crippen LogP contribution in [0.4, 0.5) is 0 Å². The summed E-state index contributed by atoms with van der Waals surface area (Å²) in [5, 5.41) is 11.8. The lowest BCUT2D eigenvalue weighted by Crippen LogP contribution is -1.71. The molecule has 0 saturated carbocycles. The summed E-state index contributed by atoms with van der Waals surface area (Å²) in [6.07, 6.45) is 0. The van der Waals surface area contributed by atoms with Gasteiger partial charge in [0.2, 0.25) is 0 Å². The van der Waals surface area contributed by atoms with Crippen molar-refractivity contribution in [1.29, 1.82) is 5.26 Å². The molecule has 1 aromatic heterocycles. The summed E-state index contributed by atoms with van der Waals surface area (Å²) in [5.74, 6) is 0. The molecule has 1 aromatic carbocycles.